The molecule has 1 N–H and O–H groups in total. The van der Waals surface area contributed by atoms with Gasteiger partial charge < -0.3 is 10.2 Å². The summed E-state index contributed by atoms with van der Waals surface area (Å²) in [6.45, 7) is 4.89. The lowest BCUT2D eigenvalue weighted by molar-refractivity contribution is -0.134. The van der Waals surface area contributed by atoms with Gasteiger partial charge in [-0.25, -0.2) is 0 Å². The van der Waals surface area contributed by atoms with E-state index in [0.29, 0.717) is 25.1 Å². The smallest absolute Gasteiger partial charge is 0.257 e. The Hall–Kier alpha value is -1.85. The fraction of sp³-hybridized carbons (Fsp3) is 0.615. The summed E-state index contributed by atoms with van der Waals surface area (Å²) in [6.07, 6.45) is 4.73. The van der Waals surface area contributed by atoms with Gasteiger partial charge in [-0.05, 0) is 13.3 Å². The van der Waals surface area contributed by atoms with Crippen LogP contribution in [0.3, 0.4) is 0 Å². The molecule has 0 aliphatic carbocycles. The van der Waals surface area contributed by atoms with Gasteiger partial charge in [0, 0.05) is 26.3 Å². The zero-order valence-electron chi connectivity index (χ0n) is 11.6. The highest BCUT2D eigenvalue weighted by Gasteiger charge is 2.44. The third-order valence-electron chi connectivity index (χ3n) is 3.64. The van der Waals surface area contributed by atoms with Gasteiger partial charge in [0.05, 0.1) is 11.8 Å². The number of carbonyl (C=O) groups excluding carboxylic acids is 2. The fourth-order valence-electron chi connectivity index (χ4n) is 2.59. The first-order chi connectivity index (χ1) is 8.99. The molecule has 19 heavy (non-hydrogen) atoms. The molecular formula is C13H20N4O2. The molecule has 1 unspecified atom stereocenters. The van der Waals surface area contributed by atoms with Gasteiger partial charge in [-0.1, -0.05) is 13.3 Å². The van der Waals surface area contributed by atoms with Crippen molar-refractivity contribution in [2.24, 2.45) is 7.05 Å². The van der Waals surface area contributed by atoms with E-state index in [1.165, 1.54) is 0 Å². The van der Waals surface area contributed by atoms with Crippen LogP contribution in [0, 0.1) is 0 Å². The summed E-state index contributed by atoms with van der Waals surface area (Å²) in [5, 5.41) is 6.86. The molecule has 1 aliphatic rings. The molecule has 1 atom stereocenters. The van der Waals surface area contributed by atoms with Gasteiger partial charge in [-0.3, -0.25) is 14.3 Å². The molecule has 1 aliphatic heterocycles. The summed E-state index contributed by atoms with van der Waals surface area (Å²) < 4.78 is 1.59. The van der Waals surface area contributed by atoms with E-state index in [9.17, 15) is 9.59 Å². The normalized spacial score (nSPS) is 23.3. The number of rotatable bonds is 3. The van der Waals surface area contributed by atoms with Crippen LogP contribution in [-0.4, -0.2) is 45.1 Å². The molecule has 2 amide bonds. The minimum absolute atomic E-state index is 0.0714. The number of hydrogen-bond donors (Lipinski definition) is 1. The topological polar surface area (TPSA) is 67.2 Å². The summed E-state index contributed by atoms with van der Waals surface area (Å²) in [6, 6.07) is 0. The van der Waals surface area contributed by atoms with Gasteiger partial charge in [-0.15, -0.1) is 0 Å². The van der Waals surface area contributed by atoms with Crippen molar-refractivity contribution in [1.29, 1.82) is 0 Å². The van der Waals surface area contributed by atoms with Crippen molar-refractivity contribution in [1.82, 2.24) is 20.0 Å². The molecule has 0 spiro atoms. The van der Waals surface area contributed by atoms with Crippen molar-refractivity contribution in [2.45, 2.75) is 32.2 Å². The Morgan fingerprint density at radius 1 is 1.58 bits per heavy atom. The molecule has 1 aromatic rings. The number of aryl methyl sites for hydroxylation is 1. The lowest BCUT2D eigenvalue weighted by Gasteiger charge is -2.43. The maximum atomic E-state index is 12.5. The van der Waals surface area contributed by atoms with Crippen LogP contribution in [0.25, 0.3) is 0 Å². The number of nitrogens with one attached hydrogen (secondary N) is 1. The average Bonchev–Trinajstić information content (AvgIpc) is 2.79. The van der Waals surface area contributed by atoms with Crippen molar-refractivity contribution >= 4 is 11.8 Å². The van der Waals surface area contributed by atoms with Crippen LogP contribution in [0.5, 0.6) is 0 Å². The molecule has 1 saturated heterocycles. The van der Waals surface area contributed by atoms with Crippen molar-refractivity contribution in [3.8, 4) is 0 Å². The second-order valence-corrected chi connectivity index (χ2v) is 5.14. The van der Waals surface area contributed by atoms with Crippen LogP contribution < -0.4 is 5.32 Å². The van der Waals surface area contributed by atoms with Crippen LogP contribution >= 0.6 is 0 Å². The molecule has 1 aromatic heterocycles. The van der Waals surface area contributed by atoms with Crippen molar-refractivity contribution in [3.63, 3.8) is 0 Å². The summed E-state index contributed by atoms with van der Waals surface area (Å²) in [7, 11) is 1.77. The average molecular weight is 264 g/mol. The van der Waals surface area contributed by atoms with Gasteiger partial charge in [-0.2, -0.15) is 5.10 Å². The first kappa shape index (κ1) is 13.6. The Morgan fingerprint density at radius 3 is 2.89 bits per heavy atom. The van der Waals surface area contributed by atoms with E-state index < -0.39 is 5.54 Å². The van der Waals surface area contributed by atoms with E-state index in [1.807, 2.05) is 13.8 Å². The molecule has 0 aromatic carbocycles. The zero-order valence-corrected chi connectivity index (χ0v) is 11.6. The molecular weight excluding hydrogens is 244 g/mol. The van der Waals surface area contributed by atoms with E-state index in [0.717, 1.165) is 6.42 Å². The fourth-order valence-corrected chi connectivity index (χ4v) is 2.59. The second kappa shape index (κ2) is 5.03. The van der Waals surface area contributed by atoms with Crippen LogP contribution in [0.4, 0.5) is 0 Å². The van der Waals surface area contributed by atoms with Crippen molar-refractivity contribution < 1.29 is 9.59 Å². The predicted octanol–water partition coefficient (Wildman–Crippen LogP) is 0.551. The highest BCUT2D eigenvalue weighted by molar-refractivity contribution is 5.99. The first-order valence-corrected chi connectivity index (χ1v) is 6.58. The van der Waals surface area contributed by atoms with Crippen LogP contribution in [0.15, 0.2) is 12.4 Å². The van der Waals surface area contributed by atoms with Gasteiger partial charge in [0.25, 0.3) is 5.91 Å². The molecule has 1 fully saturated rings. The lowest BCUT2D eigenvalue weighted by atomic mass is 9.90. The van der Waals surface area contributed by atoms with E-state index in [-0.39, 0.29) is 11.8 Å². The van der Waals surface area contributed by atoms with E-state index in [1.54, 1.807) is 29.0 Å². The molecule has 104 valence electrons. The predicted molar refractivity (Wildman–Crippen MR) is 70.6 cm³/mol. The van der Waals surface area contributed by atoms with E-state index in [4.69, 9.17) is 0 Å². The number of carbonyl (C=O) groups is 2. The van der Waals surface area contributed by atoms with Crippen molar-refractivity contribution in [2.75, 3.05) is 13.1 Å². The van der Waals surface area contributed by atoms with Gasteiger partial charge in [0.2, 0.25) is 5.91 Å². The molecule has 6 nitrogen and oxygen atoms in total. The largest absolute Gasteiger partial charge is 0.352 e. The summed E-state index contributed by atoms with van der Waals surface area (Å²) >= 11 is 0. The first-order valence-electron chi connectivity index (χ1n) is 6.58. The molecule has 2 heterocycles. The third-order valence-corrected chi connectivity index (χ3v) is 3.64. The standard InChI is InChI=1S/C13H20N4O2/c1-4-5-13(2)12(19)14-6-7-17(13)11(18)10-8-15-16(3)9-10/h8-9H,4-7H2,1-3H3,(H,14,19). The van der Waals surface area contributed by atoms with Crippen LogP contribution in [0.1, 0.15) is 37.0 Å². The molecule has 6 heteroatoms. The van der Waals surface area contributed by atoms with E-state index >= 15 is 0 Å². The quantitative estimate of drug-likeness (QED) is 0.867. The highest BCUT2D eigenvalue weighted by Crippen LogP contribution is 2.26. The molecule has 0 bridgehead atoms. The summed E-state index contributed by atoms with van der Waals surface area (Å²) in [4.78, 5) is 26.3. The third kappa shape index (κ3) is 2.34. The maximum absolute atomic E-state index is 12.5. The molecule has 2 rings (SSSR count). The van der Waals surface area contributed by atoms with Crippen molar-refractivity contribution in [3.05, 3.63) is 18.0 Å². The Kier molecular flexibility index (Phi) is 3.59. The van der Waals surface area contributed by atoms with Gasteiger partial charge in [0.15, 0.2) is 0 Å². The van der Waals surface area contributed by atoms with Gasteiger partial charge >= 0.3 is 0 Å². The van der Waals surface area contributed by atoms with Crippen LogP contribution in [0.2, 0.25) is 0 Å². The Labute approximate surface area is 112 Å². The summed E-state index contributed by atoms with van der Waals surface area (Å²) in [5.41, 5.74) is -0.237. The molecule has 0 radical (unpaired) electrons. The monoisotopic (exact) mass is 264 g/mol. The number of piperazine rings is 1. The maximum Gasteiger partial charge on any atom is 0.257 e. The lowest BCUT2D eigenvalue weighted by Crippen LogP contribution is -2.64. The highest BCUT2D eigenvalue weighted by atomic mass is 16.2. The minimum Gasteiger partial charge on any atom is -0.352 e. The Morgan fingerprint density at radius 2 is 2.32 bits per heavy atom. The number of aromatic nitrogens is 2. The molecule has 0 saturated carbocycles. The zero-order chi connectivity index (χ0) is 14.0. The van der Waals surface area contributed by atoms with Crippen LogP contribution in [-0.2, 0) is 11.8 Å². The SMILES string of the molecule is CCCC1(C)C(=O)NCCN1C(=O)c1cnn(C)c1. The Balaban J connectivity index is 2.30. The number of hydrogen-bond acceptors (Lipinski definition) is 3. The van der Waals surface area contributed by atoms with Gasteiger partial charge in [0.1, 0.15) is 5.54 Å². The number of amides is 2. The second-order valence-electron chi connectivity index (χ2n) is 5.14. The Bertz CT molecular complexity index is 497. The summed E-state index contributed by atoms with van der Waals surface area (Å²) in [5.74, 6) is -0.197. The minimum atomic E-state index is -0.764. The van der Waals surface area contributed by atoms with E-state index in [2.05, 4.69) is 10.4 Å². The number of nitrogens with zero attached hydrogens (tertiary/aromatic N) is 3.